The van der Waals surface area contributed by atoms with Crippen LogP contribution >= 0.6 is 28.1 Å². The average Bonchev–Trinajstić information content (AvgIpc) is 3.51. The van der Waals surface area contributed by atoms with E-state index in [4.69, 9.17) is 21.4 Å². The summed E-state index contributed by atoms with van der Waals surface area (Å²) >= 11 is 8.99. The third-order valence-corrected chi connectivity index (χ3v) is 6.58. The number of furan rings is 1. The van der Waals surface area contributed by atoms with E-state index in [9.17, 15) is 4.39 Å². The molecule has 2 saturated heterocycles. The second-order valence-electron chi connectivity index (χ2n) is 7.74. The summed E-state index contributed by atoms with van der Waals surface area (Å²) in [6.45, 7) is 1.45. The maximum atomic E-state index is 14.5. The van der Waals surface area contributed by atoms with Crippen LogP contribution in [0.15, 0.2) is 63.6 Å². The number of ether oxygens (including phenoxy) is 1. The maximum absolute atomic E-state index is 14.5. The highest BCUT2D eigenvalue weighted by Crippen LogP contribution is 2.41. The van der Waals surface area contributed by atoms with Gasteiger partial charge in [-0.05, 0) is 67.5 Å². The molecule has 0 unspecified atom stereocenters. The van der Waals surface area contributed by atoms with E-state index in [-0.39, 0.29) is 24.0 Å². The largest absolute Gasteiger partial charge is 0.459 e. The Labute approximate surface area is 193 Å². The molecule has 0 amide bonds. The van der Waals surface area contributed by atoms with E-state index in [0.717, 1.165) is 25.1 Å². The summed E-state index contributed by atoms with van der Waals surface area (Å²) in [7, 11) is 0. The van der Waals surface area contributed by atoms with Crippen LogP contribution in [0.25, 0.3) is 11.3 Å². The van der Waals surface area contributed by atoms with Gasteiger partial charge in [-0.15, -0.1) is 0 Å². The summed E-state index contributed by atoms with van der Waals surface area (Å²) in [5, 5.41) is 4.05. The molecule has 0 bridgehead atoms. The second-order valence-corrected chi connectivity index (χ2v) is 9.04. The van der Waals surface area contributed by atoms with Gasteiger partial charge in [0.05, 0.1) is 23.4 Å². The number of nitrogens with zero attached hydrogens (tertiary/aromatic N) is 2. The van der Waals surface area contributed by atoms with Crippen LogP contribution < -0.4 is 5.32 Å². The minimum Gasteiger partial charge on any atom is -0.459 e. The first-order valence-electron chi connectivity index (χ1n) is 10.2. The van der Waals surface area contributed by atoms with Crippen molar-refractivity contribution in [1.29, 1.82) is 0 Å². The first-order valence-corrected chi connectivity index (χ1v) is 11.4. The zero-order chi connectivity index (χ0) is 21.4. The zero-order valence-corrected chi connectivity index (χ0v) is 19.0. The lowest BCUT2D eigenvalue weighted by atomic mass is 10.0. The van der Waals surface area contributed by atoms with Crippen molar-refractivity contribution in [2.45, 2.75) is 31.0 Å². The van der Waals surface area contributed by atoms with Crippen molar-refractivity contribution in [3.8, 4) is 11.3 Å². The predicted molar refractivity (Wildman–Crippen MR) is 123 cm³/mol. The summed E-state index contributed by atoms with van der Waals surface area (Å²) < 4.78 is 27.3. The first kappa shape index (κ1) is 20.6. The molecule has 160 valence electrons. The van der Waals surface area contributed by atoms with Gasteiger partial charge in [-0.3, -0.25) is 4.98 Å². The van der Waals surface area contributed by atoms with E-state index >= 15 is 0 Å². The molecule has 3 atom stereocenters. The van der Waals surface area contributed by atoms with Gasteiger partial charge in [-0.1, -0.05) is 22.0 Å². The quantitative estimate of drug-likeness (QED) is 0.472. The molecule has 3 aromatic rings. The van der Waals surface area contributed by atoms with Crippen LogP contribution in [0.3, 0.4) is 0 Å². The third kappa shape index (κ3) is 4.12. The Morgan fingerprint density at radius 1 is 1.23 bits per heavy atom. The standard InChI is InChI=1S/C23H21BrFN3O2S/c24-14-6-7-16(17(25)12-14)19-8-9-20(30-19)22-21(18-5-1-2-10-26-18)27-23(31)28(22)13-15-4-3-11-29-15/h1-2,5-10,12,15,21-22H,3-4,11,13H2,(H,27,31)/t15-,21-,22-/m1/s1. The number of aromatic nitrogens is 1. The summed E-state index contributed by atoms with van der Waals surface area (Å²) in [6.07, 6.45) is 3.96. The van der Waals surface area contributed by atoms with Crippen molar-refractivity contribution >= 4 is 33.3 Å². The van der Waals surface area contributed by atoms with Gasteiger partial charge in [0.2, 0.25) is 0 Å². The van der Waals surface area contributed by atoms with E-state index in [1.165, 1.54) is 6.07 Å². The van der Waals surface area contributed by atoms with Crippen molar-refractivity contribution in [3.63, 3.8) is 0 Å². The lowest BCUT2D eigenvalue weighted by Gasteiger charge is -2.28. The van der Waals surface area contributed by atoms with Crippen LogP contribution in [-0.2, 0) is 4.74 Å². The van der Waals surface area contributed by atoms with Crippen LogP contribution in [0, 0.1) is 5.82 Å². The van der Waals surface area contributed by atoms with Gasteiger partial charge in [-0.2, -0.15) is 0 Å². The average molecular weight is 502 g/mol. The van der Waals surface area contributed by atoms with Gasteiger partial charge in [0, 0.05) is 23.8 Å². The molecule has 31 heavy (non-hydrogen) atoms. The summed E-state index contributed by atoms with van der Waals surface area (Å²) in [5.41, 5.74) is 1.29. The molecule has 2 aliphatic heterocycles. The number of halogens is 2. The Balaban J connectivity index is 1.51. The van der Waals surface area contributed by atoms with Gasteiger partial charge >= 0.3 is 0 Å². The molecule has 0 aliphatic carbocycles. The van der Waals surface area contributed by atoms with Gasteiger partial charge in [0.15, 0.2) is 5.11 Å². The van der Waals surface area contributed by atoms with Crippen molar-refractivity contribution in [2.24, 2.45) is 0 Å². The summed E-state index contributed by atoms with van der Waals surface area (Å²) in [5.74, 6) is 0.848. The molecule has 2 aromatic heterocycles. The fourth-order valence-corrected chi connectivity index (χ4v) is 4.91. The molecule has 1 aromatic carbocycles. The predicted octanol–water partition coefficient (Wildman–Crippen LogP) is 5.39. The SMILES string of the molecule is Fc1cc(Br)ccc1-c1ccc([C@@H]2[C@@H](c3ccccn3)NC(=S)N2C[C@H]2CCCO2)o1. The minimum atomic E-state index is -0.340. The highest BCUT2D eigenvalue weighted by molar-refractivity contribution is 9.10. The molecule has 5 nitrogen and oxygen atoms in total. The molecule has 4 heterocycles. The topological polar surface area (TPSA) is 50.5 Å². The van der Waals surface area contributed by atoms with Gasteiger partial charge in [0.1, 0.15) is 23.4 Å². The first-order chi connectivity index (χ1) is 15.1. The molecule has 1 N–H and O–H groups in total. The van der Waals surface area contributed by atoms with Gasteiger partial charge in [0.25, 0.3) is 0 Å². The molecule has 2 aliphatic rings. The number of hydrogen-bond donors (Lipinski definition) is 1. The Kier molecular flexibility index (Phi) is 5.77. The normalized spacial score (nSPS) is 23.4. The van der Waals surface area contributed by atoms with Crippen LogP contribution in [0.2, 0.25) is 0 Å². The van der Waals surface area contributed by atoms with Gasteiger partial charge < -0.3 is 19.4 Å². The summed E-state index contributed by atoms with van der Waals surface area (Å²) in [6, 6.07) is 14.1. The Morgan fingerprint density at radius 2 is 2.13 bits per heavy atom. The third-order valence-electron chi connectivity index (χ3n) is 5.74. The molecule has 2 fully saturated rings. The van der Waals surface area contributed by atoms with Crippen molar-refractivity contribution in [1.82, 2.24) is 15.2 Å². The van der Waals surface area contributed by atoms with Crippen molar-refractivity contribution in [3.05, 3.63) is 76.5 Å². The van der Waals surface area contributed by atoms with E-state index in [1.54, 1.807) is 18.3 Å². The molecular weight excluding hydrogens is 481 g/mol. The minimum absolute atomic E-state index is 0.128. The highest BCUT2D eigenvalue weighted by atomic mass is 79.9. The number of pyridine rings is 1. The lowest BCUT2D eigenvalue weighted by molar-refractivity contribution is 0.0818. The Hall–Kier alpha value is -2.29. The highest BCUT2D eigenvalue weighted by Gasteiger charge is 2.42. The van der Waals surface area contributed by atoms with Crippen molar-refractivity contribution < 1.29 is 13.5 Å². The Morgan fingerprint density at radius 3 is 2.87 bits per heavy atom. The molecule has 0 spiro atoms. The molecule has 5 rings (SSSR count). The van der Waals surface area contributed by atoms with E-state index in [2.05, 4.69) is 31.1 Å². The molecule has 0 saturated carbocycles. The van der Waals surface area contributed by atoms with E-state index in [0.29, 0.717) is 33.2 Å². The van der Waals surface area contributed by atoms with Crippen molar-refractivity contribution in [2.75, 3.05) is 13.2 Å². The monoisotopic (exact) mass is 501 g/mol. The fraction of sp³-hybridized carbons (Fsp3) is 0.304. The van der Waals surface area contributed by atoms with E-state index < -0.39 is 0 Å². The molecular formula is C23H21BrFN3O2S. The number of nitrogens with one attached hydrogen (secondary N) is 1. The van der Waals surface area contributed by atoms with Crippen LogP contribution in [-0.4, -0.2) is 34.3 Å². The number of hydrogen-bond acceptors (Lipinski definition) is 4. The number of benzene rings is 1. The number of rotatable bonds is 5. The zero-order valence-electron chi connectivity index (χ0n) is 16.6. The number of thiocarbonyl (C=S) groups is 1. The molecule has 0 radical (unpaired) electrons. The van der Waals surface area contributed by atoms with Crippen LogP contribution in [0.5, 0.6) is 0 Å². The van der Waals surface area contributed by atoms with E-state index in [1.807, 2.05) is 30.3 Å². The molecule has 8 heteroatoms. The lowest BCUT2D eigenvalue weighted by Crippen LogP contribution is -2.36. The Bertz CT molecular complexity index is 1090. The second kappa shape index (κ2) is 8.68. The fourth-order valence-electron chi connectivity index (χ4n) is 4.26. The van der Waals surface area contributed by atoms with Crippen LogP contribution in [0.4, 0.5) is 4.39 Å². The summed E-state index contributed by atoms with van der Waals surface area (Å²) in [4.78, 5) is 6.66. The smallest absolute Gasteiger partial charge is 0.170 e. The van der Waals surface area contributed by atoms with Gasteiger partial charge in [-0.25, -0.2) is 4.39 Å². The van der Waals surface area contributed by atoms with Crippen LogP contribution in [0.1, 0.15) is 36.4 Å². The maximum Gasteiger partial charge on any atom is 0.170 e.